The van der Waals surface area contributed by atoms with Gasteiger partial charge in [-0.25, -0.2) is 0 Å². The number of aromatic nitrogens is 6. The third-order valence-corrected chi connectivity index (χ3v) is 5.51. The highest BCUT2D eigenvalue weighted by molar-refractivity contribution is 5.76. The fraction of sp³-hybridized carbons (Fsp3) is 0.368. The van der Waals surface area contributed by atoms with Crippen LogP contribution in [0.2, 0.25) is 0 Å². The molecule has 3 aromatic rings. The van der Waals surface area contributed by atoms with E-state index in [9.17, 15) is 4.79 Å². The molecule has 0 bridgehead atoms. The van der Waals surface area contributed by atoms with Crippen molar-refractivity contribution in [2.75, 3.05) is 13.1 Å². The second-order valence-corrected chi connectivity index (χ2v) is 7.39. The van der Waals surface area contributed by atoms with Crippen molar-refractivity contribution in [1.82, 2.24) is 34.4 Å². The number of nitrogens with zero attached hydrogens (tertiary/aromatic N) is 8. The van der Waals surface area contributed by atoms with Gasteiger partial charge in [0.25, 0.3) is 0 Å². The molecule has 1 saturated heterocycles. The van der Waals surface area contributed by atoms with Crippen LogP contribution in [0.3, 0.4) is 0 Å². The molecule has 4 heterocycles. The number of carbonyl (C=O) groups is 1. The summed E-state index contributed by atoms with van der Waals surface area (Å²) in [6.45, 7) is 2.33. The summed E-state index contributed by atoms with van der Waals surface area (Å²) < 4.78 is 9.89. The Hall–Kier alpha value is -3.58. The first-order chi connectivity index (χ1) is 14.2. The molecule has 5 rings (SSSR count). The number of ether oxygens (including phenoxy) is 1. The van der Waals surface area contributed by atoms with Crippen molar-refractivity contribution in [2.45, 2.75) is 31.7 Å². The van der Waals surface area contributed by atoms with E-state index in [-0.39, 0.29) is 12.5 Å². The van der Waals surface area contributed by atoms with Crippen LogP contribution in [0.25, 0.3) is 11.4 Å². The molecule has 1 spiro atoms. The van der Waals surface area contributed by atoms with E-state index in [0.717, 1.165) is 23.6 Å². The first-order valence-corrected chi connectivity index (χ1v) is 9.33. The van der Waals surface area contributed by atoms with Gasteiger partial charge in [-0.15, -0.1) is 20.4 Å². The molecule has 1 atom stereocenters. The molecule has 0 N–H and O–H groups in total. The second-order valence-electron chi connectivity index (χ2n) is 7.39. The number of hydrogen-bond donors (Lipinski definition) is 0. The maximum Gasteiger partial charge on any atom is 0.242 e. The van der Waals surface area contributed by atoms with Crippen LogP contribution in [0.15, 0.2) is 36.9 Å². The Balaban J connectivity index is 1.35. The molecule has 0 radical (unpaired) electrons. The number of amides is 1. The van der Waals surface area contributed by atoms with E-state index in [4.69, 9.17) is 10.00 Å². The van der Waals surface area contributed by atoms with Crippen LogP contribution in [0.5, 0.6) is 0 Å². The minimum absolute atomic E-state index is 0.0205. The lowest BCUT2D eigenvalue weighted by Gasteiger charge is -2.34. The fourth-order valence-corrected chi connectivity index (χ4v) is 3.93. The summed E-state index contributed by atoms with van der Waals surface area (Å²) in [5.74, 6) is 1.54. The lowest BCUT2D eigenvalue weighted by atomic mass is 10.0. The van der Waals surface area contributed by atoms with Crippen molar-refractivity contribution in [1.29, 1.82) is 5.26 Å². The van der Waals surface area contributed by atoms with Gasteiger partial charge in [-0.1, -0.05) is 0 Å². The largest absolute Gasteiger partial charge is 0.363 e. The molecular weight excluding hydrogens is 372 g/mol. The Morgan fingerprint density at radius 2 is 1.97 bits per heavy atom. The first-order valence-electron chi connectivity index (χ1n) is 9.33. The molecule has 29 heavy (non-hydrogen) atoms. The SMILES string of the molecule is N#Cc1ccc(-c2nnc3n2CC2(CCN(C(=O)Cn4cnnc4)C2)OC3)cc1. The van der Waals surface area contributed by atoms with E-state index in [0.29, 0.717) is 31.8 Å². The average molecular weight is 390 g/mol. The van der Waals surface area contributed by atoms with E-state index in [1.807, 2.05) is 17.0 Å². The zero-order valence-electron chi connectivity index (χ0n) is 15.6. The van der Waals surface area contributed by atoms with Crippen LogP contribution < -0.4 is 0 Å². The van der Waals surface area contributed by atoms with Crippen molar-refractivity contribution in [3.63, 3.8) is 0 Å². The molecule has 1 fully saturated rings. The third kappa shape index (κ3) is 3.15. The fourth-order valence-electron chi connectivity index (χ4n) is 3.93. The predicted molar refractivity (Wildman–Crippen MR) is 98.9 cm³/mol. The van der Waals surface area contributed by atoms with Gasteiger partial charge in [0, 0.05) is 12.1 Å². The molecular formula is C19H18N8O2. The lowest BCUT2D eigenvalue weighted by Crippen LogP contribution is -2.45. The first kappa shape index (κ1) is 17.5. The molecule has 10 nitrogen and oxygen atoms in total. The number of hydrogen-bond acceptors (Lipinski definition) is 7. The van der Waals surface area contributed by atoms with Crippen molar-refractivity contribution in [3.05, 3.63) is 48.3 Å². The van der Waals surface area contributed by atoms with Gasteiger partial charge in [-0.2, -0.15) is 5.26 Å². The van der Waals surface area contributed by atoms with E-state index < -0.39 is 5.60 Å². The maximum atomic E-state index is 12.6. The Morgan fingerprint density at radius 1 is 1.17 bits per heavy atom. The van der Waals surface area contributed by atoms with Crippen LogP contribution in [0, 0.1) is 11.3 Å². The van der Waals surface area contributed by atoms with Crippen molar-refractivity contribution in [2.24, 2.45) is 0 Å². The quantitative estimate of drug-likeness (QED) is 0.643. The minimum Gasteiger partial charge on any atom is -0.363 e. The monoisotopic (exact) mass is 390 g/mol. The van der Waals surface area contributed by atoms with Gasteiger partial charge in [-0.3, -0.25) is 4.79 Å². The van der Waals surface area contributed by atoms with Crippen LogP contribution in [0.4, 0.5) is 0 Å². The zero-order valence-corrected chi connectivity index (χ0v) is 15.6. The summed E-state index contributed by atoms with van der Waals surface area (Å²) >= 11 is 0. The smallest absolute Gasteiger partial charge is 0.242 e. The Bertz CT molecular complexity index is 1080. The number of benzene rings is 1. The summed E-state index contributed by atoms with van der Waals surface area (Å²) in [6.07, 6.45) is 3.83. The third-order valence-electron chi connectivity index (χ3n) is 5.51. The Labute approximate surface area is 166 Å². The number of fused-ring (bicyclic) bond motifs is 1. The average Bonchev–Trinajstić information content (AvgIpc) is 3.49. The predicted octanol–water partition coefficient (Wildman–Crippen LogP) is 0.610. The van der Waals surface area contributed by atoms with Crippen molar-refractivity contribution < 1.29 is 9.53 Å². The highest BCUT2D eigenvalue weighted by atomic mass is 16.5. The molecule has 2 aliphatic heterocycles. The van der Waals surface area contributed by atoms with E-state index in [1.54, 1.807) is 16.7 Å². The topological polar surface area (TPSA) is 115 Å². The molecule has 146 valence electrons. The maximum absolute atomic E-state index is 12.6. The van der Waals surface area contributed by atoms with Crippen LogP contribution in [-0.2, 0) is 29.2 Å². The number of rotatable bonds is 3. The highest BCUT2D eigenvalue weighted by Crippen LogP contribution is 2.34. The van der Waals surface area contributed by atoms with E-state index >= 15 is 0 Å². The van der Waals surface area contributed by atoms with Gasteiger partial charge in [0.1, 0.15) is 31.4 Å². The normalized spacial score (nSPS) is 20.6. The molecule has 2 aliphatic rings. The van der Waals surface area contributed by atoms with Gasteiger partial charge in [0.15, 0.2) is 11.6 Å². The van der Waals surface area contributed by atoms with E-state index in [2.05, 4.69) is 31.0 Å². The molecule has 1 unspecified atom stereocenters. The van der Waals surface area contributed by atoms with Crippen LogP contribution in [0.1, 0.15) is 17.8 Å². The molecule has 1 aromatic carbocycles. The van der Waals surface area contributed by atoms with Gasteiger partial charge >= 0.3 is 0 Å². The molecule has 0 saturated carbocycles. The number of carbonyl (C=O) groups excluding carboxylic acids is 1. The molecule has 1 amide bonds. The number of likely N-dealkylation sites (tertiary alicyclic amines) is 1. The van der Waals surface area contributed by atoms with Gasteiger partial charge in [-0.05, 0) is 30.7 Å². The van der Waals surface area contributed by atoms with E-state index in [1.165, 1.54) is 12.7 Å². The van der Waals surface area contributed by atoms with Crippen molar-refractivity contribution in [3.8, 4) is 17.5 Å². The van der Waals surface area contributed by atoms with Gasteiger partial charge < -0.3 is 18.8 Å². The highest BCUT2D eigenvalue weighted by Gasteiger charge is 2.44. The van der Waals surface area contributed by atoms with Gasteiger partial charge in [0.2, 0.25) is 5.91 Å². The molecule has 0 aliphatic carbocycles. The molecule has 2 aromatic heterocycles. The van der Waals surface area contributed by atoms with Crippen LogP contribution >= 0.6 is 0 Å². The second kappa shape index (κ2) is 6.79. The minimum atomic E-state index is -0.445. The zero-order chi connectivity index (χ0) is 19.8. The summed E-state index contributed by atoms with van der Waals surface area (Å²) in [5, 5.41) is 25.1. The lowest BCUT2D eigenvalue weighted by molar-refractivity contribution is -0.133. The summed E-state index contributed by atoms with van der Waals surface area (Å²) in [5.41, 5.74) is 1.06. The van der Waals surface area contributed by atoms with Crippen LogP contribution in [-0.4, -0.2) is 59.0 Å². The summed E-state index contributed by atoms with van der Waals surface area (Å²) in [6, 6.07) is 9.42. The standard InChI is InChI=1S/C19H18N8O2/c20-7-14-1-3-15(4-2-14)18-24-23-16-9-29-19(11-27(16)18)5-6-26(10-19)17(28)8-25-12-21-22-13-25/h1-4,12-13H,5-6,8-11H2. The van der Waals surface area contributed by atoms with Gasteiger partial charge in [0.05, 0.1) is 24.7 Å². The molecule has 10 heteroatoms. The Kier molecular flexibility index (Phi) is 4.10. The number of nitriles is 1. The summed E-state index contributed by atoms with van der Waals surface area (Å²) in [7, 11) is 0. The Morgan fingerprint density at radius 3 is 2.72 bits per heavy atom. The van der Waals surface area contributed by atoms with Crippen molar-refractivity contribution >= 4 is 5.91 Å². The summed E-state index contributed by atoms with van der Waals surface area (Å²) in [4.78, 5) is 14.4.